The van der Waals surface area contributed by atoms with E-state index in [1.165, 1.54) is 16.7 Å². The largest absolute Gasteiger partial charge is 0.484 e. The van der Waals surface area contributed by atoms with Crippen molar-refractivity contribution in [3.8, 4) is 5.75 Å². The molecule has 0 atom stereocenters. The van der Waals surface area contributed by atoms with Gasteiger partial charge in [0.05, 0.1) is 6.54 Å². The summed E-state index contributed by atoms with van der Waals surface area (Å²) in [6.45, 7) is 8.10. The highest BCUT2D eigenvalue weighted by molar-refractivity contribution is 5.79. The fourth-order valence-corrected chi connectivity index (χ4v) is 2.62. The first-order chi connectivity index (χ1) is 13.0. The van der Waals surface area contributed by atoms with Gasteiger partial charge >= 0.3 is 0 Å². The molecule has 0 unspecified atom stereocenters. The van der Waals surface area contributed by atoms with Gasteiger partial charge in [0.25, 0.3) is 5.91 Å². The van der Waals surface area contributed by atoms with Crippen molar-refractivity contribution in [2.24, 2.45) is 10.7 Å². The summed E-state index contributed by atoms with van der Waals surface area (Å²) < 4.78 is 5.34. The molecule has 2 rings (SSSR count). The number of amides is 1. The molecule has 0 aliphatic heterocycles. The van der Waals surface area contributed by atoms with Crippen LogP contribution in [0.2, 0.25) is 0 Å². The van der Waals surface area contributed by atoms with E-state index in [4.69, 9.17) is 10.5 Å². The molecule has 27 heavy (non-hydrogen) atoms. The van der Waals surface area contributed by atoms with E-state index >= 15 is 0 Å². The molecule has 4 N–H and O–H groups in total. The number of aliphatic imine (C=N–C) groups is 1. The average molecular weight is 368 g/mol. The fourth-order valence-electron chi connectivity index (χ4n) is 2.62. The van der Waals surface area contributed by atoms with Gasteiger partial charge in [0.15, 0.2) is 12.6 Å². The zero-order chi connectivity index (χ0) is 19.6. The lowest BCUT2D eigenvalue weighted by molar-refractivity contribution is -0.119. The number of benzene rings is 2. The molecule has 0 saturated heterocycles. The Morgan fingerprint density at radius 2 is 1.96 bits per heavy atom. The van der Waals surface area contributed by atoms with Gasteiger partial charge in [0.1, 0.15) is 5.75 Å². The van der Waals surface area contributed by atoms with Crippen molar-refractivity contribution in [1.29, 1.82) is 0 Å². The molecule has 0 radical (unpaired) electrons. The van der Waals surface area contributed by atoms with E-state index in [0.29, 0.717) is 18.8 Å². The van der Waals surface area contributed by atoms with Crippen LogP contribution in [-0.4, -0.2) is 25.0 Å². The summed E-state index contributed by atoms with van der Waals surface area (Å²) in [5, 5.41) is 6.62. The quantitative estimate of drug-likeness (QED) is 0.493. The number of carbonyl (C=O) groups excluding carboxylic acids is 1. The van der Waals surface area contributed by atoms with Gasteiger partial charge in [-0.1, -0.05) is 35.9 Å². The summed E-state index contributed by atoms with van der Waals surface area (Å²) in [4.78, 5) is 15.5. The number of ether oxygens (including phenoxy) is 1. The number of rotatable bonds is 8. The molecular formula is C21H28N4O2. The molecule has 2 aromatic rings. The standard InChI is InChI=1S/C21H28N4O2/c1-4-23-21(25-13-18-9-8-15(2)10-16(18)3)24-12-17-6-5-7-19(11-17)27-14-20(22)26/h5-11H,4,12-14H2,1-3H3,(H2,22,26)(H2,23,24,25). The summed E-state index contributed by atoms with van der Waals surface area (Å²) in [6, 6.07) is 13.9. The second-order valence-corrected chi connectivity index (χ2v) is 6.38. The minimum atomic E-state index is -0.497. The number of carbonyl (C=O) groups is 1. The molecule has 144 valence electrons. The van der Waals surface area contributed by atoms with Crippen LogP contribution in [0.5, 0.6) is 5.75 Å². The lowest BCUT2D eigenvalue weighted by atomic mass is 10.1. The smallest absolute Gasteiger partial charge is 0.255 e. The lowest BCUT2D eigenvalue weighted by Crippen LogP contribution is -2.36. The van der Waals surface area contributed by atoms with Crippen LogP contribution in [0.15, 0.2) is 47.5 Å². The minimum absolute atomic E-state index is 0.132. The number of primary amides is 1. The monoisotopic (exact) mass is 368 g/mol. The second kappa shape index (κ2) is 10.2. The van der Waals surface area contributed by atoms with Crippen LogP contribution in [0.1, 0.15) is 29.2 Å². The van der Waals surface area contributed by atoms with Crippen LogP contribution in [0, 0.1) is 13.8 Å². The molecule has 1 amide bonds. The molecular weight excluding hydrogens is 340 g/mol. The number of hydrogen-bond acceptors (Lipinski definition) is 3. The molecule has 6 nitrogen and oxygen atoms in total. The number of nitrogens with two attached hydrogens (primary N) is 1. The summed E-state index contributed by atoms with van der Waals surface area (Å²) in [6.07, 6.45) is 0. The lowest BCUT2D eigenvalue weighted by Gasteiger charge is -2.13. The fraction of sp³-hybridized carbons (Fsp3) is 0.333. The molecule has 0 heterocycles. The maximum atomic E-state index is 10.8. The number of hydrogen-bond donors (Lipinski definition) is 3. The highest BCUT2D eigenvalue weighted by Crippen LogP contribution is 2.14. The Morgan fingerprint density at radius 3 is 2.67 bits per heavy atom. The average Bonchev–Trinajstić information content (AvgIpc) is 2.64. The Balaban J connectivity index is 2.00. The first-order valence-electron chi connectivity index (χ1n) is 9.06. The van der Waals surface area contributed by atoms with Crippen molar-refractivity contribution >= 4 is 11.9 Å². The zero-order valence-corrected chi connectivity index (χ0v) is 16.2. The Hall–Kier alpha value is -3.02. The summed E-state index contributed by atoms with van der Waals surface area (Å²) in [7, 11) is 0. The van der Waals surface area contributed by atoms with Crippen molar-refractivity contribution < 1.29 is 9.53 Å². The topological polar surface area (TPSA) is 88.7 Å². The van der Waals surface area contributed by atoms with E-state index < -0.39 is 5.91 Å². The maximum absolute atomic E-state index is 10.8. The number of nitrogens with one attached hydrogen (secondary N) is 2. The Labute approximate surface area is 160 Å². The third-order valence-electron chi connectivity index (χ3n) is 3.99. The van der Waals surface area contributed by atoms with E-state index in [-0.39, 0.29) is 6.61 Å². The molecule has 6 heteroatoms. The molecule has 2 aromatic carbocycles. The molecule has 0 aliphatic carbocycles. The van der Waals surface area contributed by atoms with E-state index in [0.717, 1.165) is 18.1 Å². The molecule has 0 bridgehead atoms. The number of guanidine groups is 1. The van der Waals surface area contributed by atoms with E-state index in [1.807, 2.05) is 25.1 Å². The highest BCUT2D eigenvalue weighted by Gasteiger charge is 2.03. The van der Waals surface area contributed by atoms with Crippen molar-refractivity contribution in [1.82, 2.24) is 10.6 Å². The van der Waals surface area contributed by atoms with Crippen LogP contribution in [0.25, 0.3) is 0 Å². The van der Waals surface area contributed by atoms with Crippen LogP contribution in [0.3, 0.4) is 0 Å². The Kier molecular flexibility index (Phi) is 7.67. The summed E-state index contributed by atoms with van der Waals surface area (Å²) in [5.41, 5.74) is 9.86. The van der Waals surface area contributed by atoms with Crippen molar-refractivity contribution in [3.63, 3.8) is 0 Å². The van der Waals surface area contributed by atoms with Gasteiger partial charge in [0, 0.05) is 13.1 Å². The summed E-state index contributed by atoms with van der Waals surface area (Å²) >= 11 is 0. The molecule has 0 fully saturated rings. The predicted octanol–water partition coefficient (Wildman–Crippen LogP) is 2.42. The molecule has 0 spiro atoms. The van der Waals surface area contributed by atoms with Gasteiger partial charge in [-0.3, -0.25) is 4.79 Å². The van der Waals surface area contributed by atoms with E-state index in [9.17, 15) is 4.79 Å². The van der Waals surface area contributed by atoms with Gasteiger partial charge in [-0.25, -0.2) is 4.99 Å². The van der Waals surface area contributed by atoms with E-state index in [2.05, 4.69) is 47.7 Å². The number of nitrogens with zero attached hydrogens (tertiary/aromatic N) is 1. The van der Waals surface area contributed by atoms with Crippen LogP contribution in [0.4, 0.5) is 0 Å². The van der Waals surface area contributed by atoms with Gasteiger partial charge < -0.3 is 21.1 Å². The molecule has 0 aliphatic rings. The second-order valence-electron chi connectivity index (χ2n) is 6.38. The third-order valence-corrected chi connectivity index (χ3v) is 3.99. The van der Waals surface area contributed by atoms with Crippen LogP contribution in [-0.2, 0) is 17.9 Å². The summed E-state index contributed by atoms with van der Waals surface area (Å²) in [5.74, 6) is 0.860. The Bertz CT molecular complexity index is 803. The molecule has 0 saturated carbocycles. The SMILES string of the molecule is CCNC(=NCc1cccc(OCC(N)=O)c1)NCc1ccc(C)cc1C. The number of aryl methyl sites for hydroxylation is 2. The molecule has 0 aromatic heterocycles. The van der Waals surface area contributed by atoms with Gasteiger partial charge in [-0.15, -0.1) is 0 Å². The van der Waals surface area contributed by atoms with Gasteiger partial charge in [-0.2, -0.15) is 0 Å². The third kappa shape index (κ3) is 7.01. The predicted molar refractivity (Wildman–Crippen MR) is 109 cm³/mol. The van der Waals surface area contributed by atoms with Crippen LogP contribution >= 0.6 is 0 Å². The maximum Gasteiger partial charge on any atom is 0.255 e. The zero-order valence-electron chi connectivity index (χ0n) is 16.2. The van der Waals surface area contributed by atoms with Crippen molar-refractivity contribution in [2.75, 3.05) is 13.2 Å². The van der Waals surface area contributed by atoms with Crippen molar-refractivity contribution in [2.45, 2.75) is 33.9 Å². The first kappa shape index (κ1) is 20.3. The van der Waals surface area contributed by atoms with Crippen molar-refractivity contribution in [3.05, 3.63) is 64.7 Å². The Morgan fingerprint density at radius 1 is 1.15 bits per heavy atom. The normalized spacial score (nSPS) is 11.1. The van der Waals surface area contributed by atoms with Gasteiger partial charge in [0.2, 0.25) is 0 Å². The van der Waals surface area contributed by atoms with Gasteiger partial charge in [-0.05, 0) is 49.6 Å². The van der Waals surface area contributed by atoms with Crippen LogP contribution < -0.4 is 21.1 Å². The first-order valence-corrected chi connectivity index (χ1v) is 9.06. The van der Waals surface area contributed by atoms with E-state index in [1.54, 1.807) is 6.07 Å². The minimum Gasteiger partial charge on any atom is -0.484 e. The highest BCUT2D eigenvalue weighted by atomic mass is 16.5.